The van der Waals surface area contributed by atoms with Gasteiger partial charge in [-0.15, -0.1) is 0 Å². The molecule has 1 heterocycles. The van der Waals surface area contributed by atoms with Crippen molar-refractivity contribution in [3.8, 4) is 0 Å². The quantitative estimate of drug-likeness (QED) is 0.804. The normalized spacial score (nSPS) is 31.3. The van der Waals surface area contributed by atoms with Crippen LogP contribution < -0.4 is 5.32 Å². The summed E-state index contributed by atoms with van der Waals surface area (Å²) in [7, 11) is 0. The highest BCUT2D eigenvalue weighted by Gasteiger charge is 2.19. The topological polar surface area (TPSA) is 33.6 Å². The first-order chi connectivity index (χ1) is 7.11. The van der Waals surface area contributed by atoms with Crippen LogP contribution in [0.25, 0.3) is 0 Å². The number of thioether (sulfide) groups is 1. The molecule has 3 atom stereocenters. The molecule has 4 heteroatoms. The molecule has 3 unspecified atom stereocenters. The Morgan fingerprint density at radius 2 is 2.33 bits per heavy atom. The van der Waals surface area contributed by atoms with Gasteiger partial charge in [0.25, 0.3) is 0 Å². The van der Waals surface area contributed by atoms with Crippen molar-refractivity contribution in [2.24, 2.45) is 4.99 Å². The number of ether oxygens (including phenoxy) is 1. The monoisotopic (exact) mass is 230 g/mol. The van der Waals surface area contributed by atoms with Gasteiger partial charge in [-0.2, -0.15) is 0 Å². The van der Waals surface area contributed by atoms with Crippen LogP contribution in [0.5, 0.6) is 0 Å². The zero-order chi connectivity index (χ0) is 11.3. The molecule has 0 aromatic heterocycles. The lowest BCUT2D eigenvalue weighted by molar-refractivity contribution is 0.0829. The van der Waals surface area contributed by atoms with E-state index in [0.717, 1.165) is 18.3 Å². The van der Waals surface area contributed by atoms with E-state index in [0.29, 0.717) is 11.3 Å². The SMILES string of the molecule is CCOC(C)CN=C1NC(C)CC(C)S1. The summed E-state index contributed by atoms with van der Waals surface area (Å²) in [6.07, 6.45) is 1.43. The first-order valence-electron chi connectivity index (χ1n) is 5.71. The second kappa shape index (κ2) is 6.38. The number of aliphatic imine (C=N–C) groups is 1. The number of hydrogen-bond acceptors (Lipinski definition) is 3. The van der Waals surface area contributed by atoms with Crippen LogP contribution in [0, 0.1) is 0 Å². The van der Waals surface area contributed by atoms with E-state index in [9.17, 15) is 0 Å². The molecule has 1 aliphatic heterocycles. The molecule has 0 saturated carbocycles. The van der Waals surface area contributed by atoms with E-state index in [-0.39, 0.29) is 6.10 Å². The van der Waals surface area contributed by atoms with Gasteiger partial charge >= 0.3 is 0 Å². The summed E-state index contributed by atoms with van der Waals surface area (Å²) in [5.41, 5.74) is 0. The molecule has 0 amide bonds. The second-order valence-electron chi connectivity index (χ2n) is 4.12. The number of nitrogens with zero attached hydrogens (tertiary/aromatic N) is 1. The van der Waals surface area contributed by atoms with Gasteiger partial charge in [0.1, 0.15) is 0 Å². The largest absolute Gasteiger partial charge is 0.377 e. The van der Waals surface area contributed by atoms with Crippen molar-refractivity contribution in [3.63, 3.8) is 0 Å². The predicted octanol–water partition coefficient (Wildman–Crippen LogP) is 2.27. The average molecular weight is 230 g/mol. The van der Waals surface area contributed by atoms with Gasteiger partial charge < -0.3 is 10.1 Å². The highest BCUT2D eigenvalue weighted by molar-refractivity contribution is 8.14. The molecule has 88 valence electrons. The van der Waals surface area contributed by atoms with E-state index in [4.69, 9.17) is 4.74 Å². The number of hydrogen-bond donors (Lipinski definition) is 1. The summed E-state index contributed by atoms with van der Waals surface area (Å²) in [5, 5.41) is 5.15. The summed E-state index contributed by atoms with van der Waals surface area (Å²) in [4.78, 5) is 4.55. The van der Waals surface area contributed by atoms with Crippen LogP contribution in [0.4, 0.5) is 0 Å². The maximum atomic E-state index is 5.44. The van der Waals surface area contributed by atoms with Crippen molar-refractivity contribution in [2.45, 2.75) is 51.5 Å². The van der Waals surface area contributed by atoms with Gasteiger partial charge in [0.15, 0.2) is 5.17 Å². The van der Waals surface area contributed by atoms with Gasteiger partial charge in [-0.3, -0.25) is 4.99 Å². The van der Waals surface area contributed by atoms with Crippen LogP contribution in [0.15, 0.2) is 4.99 Å². The molecule has 0 bridgehead atoms. The molecule has 0 radical (unpaired) electrons. The lowest BCUT2D eigenvalue weighted by Crippen LogP contribution is -2.38. The minimum Gasteiger partial charge on any atom is -0.377 e. The van der Waals surface area contributed by atoms with Gasteiger partial charge in [0.2, 0.25) is 0 Å². The van der Waals surface area contributed by atoms with Gasteiger partial charge in [0.05, 0.1) is 12.6 Å². The van der Waals surface area contributed by atoms with Gasteiger partial charge in [-0.1, -0.05) is 18.7 Å². The van der Waals surface area contributed by atoms with Crippen molar-refractivity contribution in [1.82, 2.24) is 5.32 Å². The molecule has 0 aliphatic carbocycles. The average Bonchev–Trinajstić information content (AvgIpc) is 2.14. The lowest BCUT2D eigenvalue weighted by atomic mass is 10.2. The predicted molar refractivity (Wildman–Crippen MR) is 67.7 cm³/mol. The van der Waals surface area contributed by atoms with Gasteiger partial charge in [-0.25, -0.2) is 0 Å². The minimum absolute atomic E-state index is 0.220. The maximum Gasteiger partial charge on any atom is 0.157 e. The molecular weight excluding hydrogens is 208 g/mol. The highest BCUT2D eigenvalue weighted by Crippen LogP contribution is 2.22. The third kappa shape index (κ3) is 4.89. The molecule has 1 aliphatic rings. The molecule has 1 saturated heterocycles. The molecule has 0 aromatic rings. The van der Waals surface area contributed by atoms with Crippen LogP contribution in [-0.2, 0) is 4.74 Å². The van der Waals surface area contributed by atoms with Crippen molar-refractivity contribution in [3.05, 3.63) is 0 Å². The Morgan fingerprint density at radius 3 is 2.93 bits per heavy atom. The van der Waals surface area contributed by atoms with E-state index < -0.39 is 0 Å². The van der Waals surface area contributed by atoms with Crippen LogP contribution in [-0.4, -0.2) is 35.7 Å². The molecule has 1 fully saturated rings. The summed E-state index contributed by atoms with van der Waals surface area (Å²) in [5.74, 6) is 0. The fourth-order valence-electron chi connectivity index (χ4n) is 1.67. The third-order valence-electron chi connectivity index (χ3n) is 2.31. The Hall–Kier alpha value is -0.220. The number of rotatable bonds is 4. The van der Waals surface area contributed by atoms with Gasteiger partial charge in [0, 0.05) is 17.9 Å². The van der Waals surface area contributed by atoms with Crippen molar-refractivity contribution >= 4 is 16.9 Å². The van der Waals surface area contributed by atoms with E-state index in [1.54, 1.807) is 0 Å². The smallest absolute Gasteiger partial charge is 0.157 e. The van der Waals surface area contributed by atoms with Crippen molar-refractivity contribution in [2.75, 3.05) is 13.2 Å². The minimum atomic E-state index is 0.220. The molecule has 0 aromatic carbocycles. The third-order valence-corrected chi connectivity index (χ3v) is 3.38. The molecule has 0 spiro atoms. The van der Waals surface area contributed by atoms with E-state index in [2.05, 4.69) is 31.1 Å². The van der Waals surface area contributed by atoms with Crippen molar-refractivity contribution < 1.29 is 4.74 Å². The fraction of sp³-hybridized carbons (Fsp3) is 0.909. The van der Waals surface area contributed by atoms with Crippen molar-refractivity contribution in [1.29, 1.82) is 0 Å². The van der Waals surface area contributed by atoms with Gasteiger partial charge in [-0.05, 0) is 27.2 Å². The Bertz CT molecular complexity index is 209. The first kappa shape index (κ1) is 12.8. The molecule has 1 N–H and O–H groups in total. The van der Waals surface area contributed by atoms with Crippen LogP contribution >= 0.6 is 11.8 Å². The zero-order valence-electron chi connectivity index (χ0n) is 10.1. The summed E-state index contributed by atoms with van der Waals surface area (Å²) >= 11 is 1.83. The van der Waals surface area contributed by atoms with E-state index >= 15 is 0 Å². The van der Waals surface area contributed by atoms with Crippen LogP contribution in [0.1, 0.15) is 34.1 Å². The Morgan fingerprint density at radius 1 is 1.60 bits per heavy atom. The molecular formula is C11H22N2OS. The highest BCUT2D eigenvalue weighted by atomic mass is 32.2. The number of amidine groups is 1. The molecule has 15 heavy (non-hydrogen) atoms. The van der Waals surface area contributed by atoms with Crippen LogP contribution in [0.3, 0.4) is 0 Å². The fourth-order valence-corrected chi connectivity index (χ4v) is 2.86. The standard InChI is InChI=1S/C11H22N2OS/c1-5-14-9(3)7-12-11-13-8(2)6-10(4)15-11/h8-10H,5-7H2,1-4H3,(H,12,13). The zero-order valence-corrected chi connectivity index (χ0v) is 10.9. The first-order valence-corrected chi connectivity index (χ1v) is 6.59. The lowest BCUT2D eigenvalue weighted by Gasteiger charge is -2.27. The summed E-state index contributed by atoms with van der Waals surface area (Å²) in [6, 6.07) is 0.544. The van der Waals surface area contributed by atoms with Crippen LogP contribution in [0.2, 0.25) is 0 Å². The Balaban J connectivity index is 2.37. The summed E-state index contributed by atoms with van der Waals surface area (Å²) in [6.45, 7) is 10.1. The Labute approximate surface area is 97.1 Å². The van der Waals surface area contributed by atoms with E-state index in [1.807, 2.05) is 18.7 Å². The Kier molecular flexibility index (Phi) is 5.47. The molecule has 1 rings (SSSR count). The molecule has 3 nitrogen and oxygen atoms in total. The summed E-state index contributed by atoms with van der Waals surface area (Å²) < 4.78 is 5.44. The maximum absolute atomic E-state index is 5.44. The van der Waals surface area contributed by atoms with E-state index in [1.165, 1.54) is 6.42 Å². The second-order valence-corrected chi connectivity index (χ2v) is 5.55. The number of nitrogens with one attached hydrogen (secondary N) is 1.